The third kappa shape index (κ3) is 1.79. The molecule has 82 valence electrons. The van der Waals surface area contributed by atoms with E-state index in [1.807, 2.05) is 0 Å². The van der Waals surface area contributed by atoms with E-state index in [0.29, 0.717) is 16.8 Å². The molecular weight excluding hydrogens is 211 g/mol. The largest absolute Gasteiger partial charge is 0.465 e. The fraction of sp³-hybridized carbons (Fsp3) is 0.0909. The predicted octanol–water partition coefficient (Wildman–Crippen LogP) is 2.00. The summed E-state index contributed by atoms with van der Waals surface area (Å²) in [7, 11) is 1.29. The first-order valence-corrected chi connectivity index (χ1v) is 4.60. The van der Waals surface area contributed by atoms with Crippen LogP contribution in [0.5, 0.6) is 0 Å². The first-order chi connectivity index (χ1) is 7.72. The Morgan fingerprint density at radius 1 is 1.56 bits per heavy atom. The van der Waals surface area contributed by atoms with Gasteiger partial charge < -0.3 is 9.72 Å². The van der Waals surface area contributed by atoms with Gasteiger partial charge >= 0.3 is 5.97 Å². The number of H-pyrrole nitrogens is 1. The quantitative estimate of drug-likeness (QED) is 0.622. The van der Waals surface area contributed by atoms with Crippen molar-refractivity contribution in [3.63, 3.8) is 0 Å². The standard InChI is InChI=1S/C11H9FN2O2/c1-16-11(15)7-5-9(14-6-7)8-3-2-4-13-10(8)12/h2-6,14H,1H3. The molecule has 0 aliphatic carbocycles. The Bertz CT molecular complexity index is 522. The maximum Gasteiger partial charge on any atom is 0.339 e. The number of carbonyl (C=O) groups excluding carboxylic acids is 1. The van der Waals surface area contributed by atoms with Crippen molar-refractivity contribution in [1.82, 2.24) is 9.97 Å². The zero-order valence-corrected chi connectivity index (χ0v) is 8.53. The number of rotatable bonds is 2. The molecule has 0 aromatic carbocycles. The Labute approximate surface area is 91.1 Å². The van der Waals surface area contributed by atoms with Gasteiger partial charge in [-0.05, 0) is 18.2 Å². The highest BCUT2D eigenvalue weighted by Crippen LogP contribution is 2.20. The Morgan fingerprint density at radius 3 is 3.06 bits per heavy atom. The minimum atomic E-state index is -0.583. The molecule has 2 aromatic heterocycles. The Morgan fingerprint density at radius 2 is 2.38 bits per heavy atom. The second-order valence-electron chi connectivity index (χ2n) is 3.14. The van der Waals surface area contributed by atoms with E-state index in [9.17, 15) is 9.18 Å². The van der Waals surface area contributed by atoms with Gasteiger partial charge in [0.25, 0.3) is 0 Å². The monoisotopic (exact) mass is 220 g/mol. The summed E-state index contributed by atoms with van der Waals surface area (Å²) in [5.41, 5.74) is 1.16. The molecule has 2 aromatic rings. The van der Waals surface area contributed by atoms with Crippen LogP contribution in [0.15, 0.2) is 30.6 Å². The van der Waals surface area contributed by atoms with Crippen LogP contribution >= 0.6 is 0 Å². The van der Waals surface area contributed by atoms with Crippen molar-refractivity contribution in [2.24, 2.45) is 0 Å². The second-order valence-corrected chi connectivity index (χ2v) is 3.14. The van der Waals surface area contributed by atoms with Crippen LogP contribution in [0.1, 0.15) is 10.4 Å². The number of methoxy groups -OCH3 is 1. The molecular formula is C11H9FN2O2. The predicted molar refractivity (Wildman–Crippen MR) is 55.3 cm³/mol. The molecule has 2 rings (SSSR count). The maximum atomic E-state index is 13.3. The molecule has 0 unspecified atom stereocenters. The zero-order valence-electron chi connectivity index (χ0n) is 8.53. The molecule has 0 bridgehead atoms. The van der Waals surface area contributed by atoms with Gasteiger partial charge in [0, 0.05) is 12.4 Å². The van der Waals surface area contributed by atoms with Crippen LogP contribution in [0.3, 0.4) is 0 Å². The first-order valence-electron chi connectivity index (χ1n) is 4.60. The third-order valence-electron chi connectivity index (χ3n) is 2.15. The number of halogens is 1. The number of hydrogen-bond acceptors (Lipinski definition) is 3. The number of hydrogen-bond donors (Lipinski definition) is 1. The van der Waals surface area contributed by atoms with Crippen molar-refractivity contribution < 1.29 is 13.9 Å². The normalized spacial score (nSPS) is 10.1. The SMILES string of the molecule is COC(=O)c1c[nH]c(-c2cccnc2F)c1. The topological polar surface area (TPSA) is 55.0 Å². The van der Waals surface area contributed by atoms with Crippen LogP contribution < -0.4 is 0 Å². The highest BCUT2D eigenvalue weighted by atomic mass is 19.1. The minimum absolute atomic E-state index is 0.317. The van der Waals surface area contributed by atoms with Gasteiger partial charge in [0.1, 0.15) is 0 Å². The van der Waals surface area contributed by atoms with Crippen molar-refractivity contribution >= 4 is 5.97 Å². The molecule has 1 N–H and O–H groups in total. The van der Waals surface area contributed by atoms with E-state index in [0.717, 1.165) is 0 Å². The summed E-state index contributed by atoms with van der Waals surface area (Å²) in [5, 5.41) is 0. The molecule has 0 aliphatic heterocycles. The van der Waals surface area contributed by atoms with Gasteiger partial charge in [0.2, 0.25) is 5.95 Å². The number of ether oxygens (including phenoxy) is 1. The van der Waals surface area contributed by atoms with E-state index in [1.165, 1.54) is 25.6 Å². The number of pyridine rings is 1. The zero-order chi connectivity index (χ0) is 11.5. The summed E-state index contributed by atoms with van der Waals surface area (Å²) in [5.74, 6) is -1.05. The van der Waals surface area contributed by atoms with Crippen molar-refractivity contribution in [1.29, 1.82) is 0 Å². The fourth-order valence-corrected chi connectivity index (χ4v) is 1.37. The van der Waals surface area contributed by atoms with Crippen LogP contribution in [0.2, 0.25) is 0 Å². The van der Waals surface area contributed by atoms with E-state index in [4.69, 9.17) is 0 Å². The fourth-order valence-electron chi connectivity index (χ4n) is 1.37. The molecule has 0 spiro atoms. The molecule has 0 aliphatic rings. The van der Waals surface area contributed by atoms with Gasteiger partial charge in [-0.25, -0.2) is 9.78 Å². The van der Waals surface area contributed by atoms with Gasteiger partial charge in [0.15, 0.2) is 0 Å². The first kappa shape index (κ1) is 10.4. The van der Waals surface area contributed by atoms with Crippen molar-refractivity contribution in [2.45, 2.75) is 0 Å². The number of aromatic amines is 1. The van der Waals surface area contributed by atoms with Gasteiger partial charge in [0.05, 0.1) is 23.9 Å². The van der Waals surface area contributed by atoms with Crippen LogP contribution in [0.4, 0.5) is 4.39 Å². The lowest BCUT2D eigenvalue weighted by Crippen LogP contribution is -1.98. The summed E-state index contributed by atoms with van der Waals surface area (Å²) in [6, 6.07) is 4.72. The van der Waals surface area contributed by atoms with Crippen LogP contribution in [0.25, 0.3) is 11.3 Å². The number of nitrogens with zero attached hydrogens (tertiary/aromatic N) is 1. The Balaban J connectivity index is 2.39. The van der Waals surface area contributed by atoms with E-state index in [-0.39, 0.29) is 0 Å². The number of nitrogens with one attached hydrogen (secondary N) is 1. The maximum absolute atomic E-state index is 13.3. The molecule has 0 radical (unpaired) electrons. The Kier molecular flexibility index (Phi) is 2.68. The molecule has 0 amide bonds. The van der Waals surface area contributed by atoms with E-state index >= 15 is 0 Å². The summed E-state index contributed by atoms with van der Waals surface area (Å²) >= 11 is 0. The molecule has 16 heavy (non-hydrogen) atoms. The highest BCUT2D eigenvalue weighted by Gasteiger charge is 2.11. The van der Waals surface area contributed by atoms with E-state index < -0.39 is 11.9 Å². The molecule has 5 heteroatoms. The van der Waals surface area contributed by atoms with Gasteiger partial charge in [-0.2, -0.15) is 4.39 Å². The van der Waals surface area contributed by atoms with Gasteiger partial charge in [-0.3, -0.25) is 0 Å². The van der Waals surface area contributed by atoms with Gasteiger partial charge in [-0.15, -0.1) is 0 Å². The molecule has 0 saturated carbocycles. The number of esters is 1. The van der Waals surface area contributed by atoms with Crippen molar-refractivity contribution in [2.75, 3.05) is 7.11 Å². The van der Waals surface area contributed by atoms with Crippen LogP contribution in [-0.4, -0.2) is 23.0 Å². The lowest BCUT2D eigenvalue weighted by molar-refractivity contribution is 0.0601. The summed E-state index contributed by atoms with van der Waals surface area (Å²) < 4.78 is 17.9. The smallest absolute Gasteiger partial charge is 0.339 e. The molecule has 0 atom stereocenters. The van der Waals surface area contributed by atoms with E-state index in [1.54, 1.807) is 12.1 Å². The summed E-state index contributed by atoms with van der Waals surface area (Å²) in [6.07, 6.45) is 2.83. The van der Waals surface area contributed by atoms with E-state index in [2.05, 4.69) is 14.7 Å². The average Bonchev–Trinajstić information content (AvgIpc) is 2.78. The van der Waals surface area contributed by atoms with Gasteiger partial charge in [-0.1, -0.05) is 0 Å². The average molecular weight is 220 g/mol. The molecule has 2 heterocycles. The summed E-state index contributed by atoms with van der Waals surface area (Å²) in [4.78, 5) is 17.5. The Hall–Kier alpha value is -2.17. The molecule has 4 nitrogen and oxygen atoms in total. The highest BCUT2D eigenvalue weighted by molar-refractivity contribution is 5.90. The number of carbonyl (C=O) groups is 1. The van der Waals surface area contributed by atoms with Crippen LogP contribution in [0, 0.1) is 5.95 Å². The van der Waals surface area contributed by atoms with Crippen molar-refractivity contribution in [3.8, 4) is 11.3 Å². The van der Waals surface area contributed by atoms with Crippen LogP contribution in [-0.2, 0) is 4.74 Å². The lowest BCUT2D eigenvalue weighted by Gasteiger charge is -1.97. The molecule has 0 fully saturated rings. The lowest BCUT2D eigenvalue weighted by atomic mass is 10.2. The third-order valence-corrected chi connectivity index (χ3v) is 2.15. The summed E-state index contributed by atoms with van der Waals surface area (Å²) in [6.45, 7) is 0. The number of aromatic nitrogens is 2. The second kappa shape index (κ2) is 4.14. The molecule has 0 saturated heterocycles. The minimum Gasteiger partial charge on any atom is -0.465 e. The van der Waals surface area contributed by atoms with Crippen molar-refractivity contribution in [3.05, 3.63) is 42.1 Å².